The van der Waals surface area contributed by atoms with Crippen LogP contribution in [0.15, 0.2) is 54.6 Å². The van der Waals surface area contributed by atoms with Gasteiger partial charge in [0.15, 0.2) is 0 Å². The van der Waals surface area contributed by atoms with Crippen LogP contribution in [0.3, 0.4) is 0 Å². The molecule has 0 radical (unpaired) electrons. The number of piperazine rings is 2. The highest BCUT2D eigenvalue weighted by molar-refractivity contribution is 5.82. The van der Waals surface area contributed by atoms with E-state index in [1.165, 1.54) is 11.1 Å². The van der Waals surface area contributed by atoms with E-state index in [1.807, 2.05) is 34.9 Å². The lowest BCUT2D eigenvalue weighted by molar-refractivity contribution is -0.140. The van der Waals surface area contributed by atoms with Gasteiger partial charge in [0.25, 0.3) is 0 Å². The molecule has 2 heterocycles. The predicted octanol–water partition coefficient (Wildman–Crippen LogP) is 2.41. The molecule has 2 aliphatic heterocycles. The lowest BCUT2D eigenvalue weighted by Crippen LogP contribution is -2.58. The fourth-order valence-corrected chi connectivity index (χ4v) is 4.74. The van der Waals surface area contributed by atoms with Crippen LogP contribution >= 0.6 is 0 Å². The van der Waals surface area contributed by atoms with Crippen molar-refractivity contribution in [3.05, 3.63) is 71.3 Å². The molecule has 0 saturated carbocycles. The second-order valence-corrected chi connectivity index (χ2v) is 9.34. The summed E-state index contributed by atoms with van der Waals surface area (Å²) in [5.74, 6) is 0.390. The van der Waals surface area contributed by atoms with Gasteiger partial charge in [-0.3, -0.25) is 19.4 Å². The summed E-state index contributed by atoms with van der Waals surface area (Å²) in [4.78, 5) is 34.4. The summed E-state index contributed by atoms with van der Waals surface area (Å²) in [7, 11) is 0. The molecule has 0 spiro atoms. The van der Waals surface area contributed by atoms with Crippen LogP contribution in [0.4, 0.5) is 0 Å². The molecule has 6 nitrogen and oxygen atoms in total. The molecule has 176 valence electrons. The molecule has 2 aromatic rings. The highest BCUT2D eigenvalue weighted by Gasteiger charge is 2.31. The van der Waals surface area contributed by atoms with E-state index >= 15 is 0 Å². The van der Waals surface area contributed by atoms with E-state index in [2.05, 4.69) is 53.1 Å². The van der Waals surface area contributed by atoms with Gasteiger partial charge in [0.2, 0.25) is 11.8 Å². The van der Waals surface area contributed by atoms with Gasteiger partial charge >= 0.3 is 0 Å². The zero-order valence-corrected chi connectivity index (χ0v) is 19.9. The summed E-state index contributed by atoms with van der Waals surface area (Å²) in [6.45, 7) is 11.3. The Hall–Kier alpha value is -2.70. The van der Waals surface area contributed by atoms with Gasteiger partial charge in [0.1, 0.15) is 0 Å². The molecule has 2 amide bonds. The number of hydrogen-bond donors (Lipinski definition) is 0. The van der Waals surface area contributed by atoms with E-state index in [9.17, 15) is 9.59 Å². The minimum absolute atomic E-state index is 0.139. The van der Waals surface area contributed by atoms with Crippen molar-refractivity contribution in [1.29, 1.82) is 0 Å². The molecule has 2 aromatic carbocycles. The van der Waals surface area contributed by atoms with E-state index in [0.29, 0.717) is 19.5 Å². The zero-order chi connectivity index (χ0) is 23.2. The Bertz CT molecular complexity index is 915. The lowest BCUT2D eigenvalue weighted by atomic mass is 10.1. The largest absolute Gasteiger partial charge is 0.340 e. The van der Waals surface area contributed by atoms with Crippen molar-refractivity contribution < 1.29 is 9.59 Å². The van der Waals surface area contributed by atoms with Crippen LogP contribution in [0, 0.1) is 6.92 Å². The number of rotatable bonds is 6. The average Bonchev–Trinajstić information content (AvgIpc) is 2.86. The maximum atomic E-state index is 13.1. The Balaban J connectivity index is 1.20. The van der Waals surface area contributed by atoms with Crippen LogP contribution in [0.1, 0.15) is 23.6 Å². The maximum absolute atomic E-state index is 13.1. The van der Waals surface area contributed by atoms with Crippen molar-refractivity contribution in [2.45, 2.75) is 32.9 Å². The molecular weight excluding hydrogens is 412 g/mol. The van der Waals surface area contributed by atoms with Crippen molar-refractivity contribution in [2.75, 3.05) is 52.4 Å². The highest BCUT2D eigenvalue weighted by atomic mass is 16.2. The molecule has 0 bridgehead atoms. The molecule has 2 fully saturated rings. The van der Waals surface area contributed by atoms with Crippen LogP contribution in [0.5, 0.6) is 0 Å². The van der Waals surface area contributed by atoms with Crippen LogP contribution in [-0.4, -0.2) is 89.8 Å². The van der Waals surface area contributed by atoms with Gasteiger partial charge in [-0.2, -0.15) is 0 Å². The molecular formula is C27H36N4O2. The normalized spacial score (nSPS) is 18.8. The average molecular weight is 449 g/mol. The fourth-order valence-electron chi connectivity index (χ4n) is 4.74. The maximum Gasteiger partial charge on any atom is 0.239 e. The molecule has 0 aromatic heterocycles. The van der Waals surface area contributed by atoms with E-state index < -0.39 is 0 Å². The molecule has 1 unspecified atom stereocenters. The first kappa shape index (κ1) is 23.5. The minimum Gasteiger partial charge on any atom is -0.340 e. The summed E-state index contributed by atoms with van der Waals surface area (Å²) in [6.07, 6.45) is 0.446. The topological polar surface area (TPSA) is 47.1 Å². The number of benzene rings is 2. The summed E-state index contributed by atoms with van der Waals surface area (Å²) < 4.78 is 0. The molecule has 0 N–H and O–H groups in total. The summed E-state index contributed by atoms with van der Waals surface area (Å²) in [5, 5.41) is 0. The van der Waals surface area contributed by atoms with Crippen LogP contribution < -0.4 is 0 Å². The van der Waals surface area contributed by atoms with Crippen molar-refractivity contribution in [3.8, 4) is 0 Å². The second kappa shape index (κ2) is 10.9. The first-order valence-electron chi connectivity index (χ1n) is 12.1. The fraction of sp³-hybridized carbons (Fsp3) is 0.481. The minimum atomic E-state index is -0.139. The van der Waals surface area contributed by atoms with Gasteiger partial charge in [-0.05, 0) is 25.0 Å². The first-order valence-corrected chi connectivity index (χ1v) is 12.1. The second-order valence-electron chi connectivity index (χ2n) is 9.34. The smallest absolute Gasteiger partial charge is 0.239 e. The SMILES string of the molecule is Cc1ccc(CC(=O)N2CCN(C(C)C(=O)N3CCN(Cc4ccccc4)CC3)CC2)cc1. The Kier molecular flexibility index (Phi) is 7.78. The molecule has 2 saturated heterocycles. The number of hydrogen-bond acceptors (Lipinski definition) is 4. The van der Waals surface area contributed by atoms with Gasteiger partial charge in [-0.1, -0.05) is 60.2 Å². The summed E-state index contributed by atoms with van der Waals surface area (Å²) >= 11 is 0. The van der Waals surface area contributed by atoms with E-state index in [-0.39, 0.29) is 17.9 Å². The standard InChI is InChI=1S/C27H36N4O2/c1-22-8-10-24(11-9-22)20-26(32)30-18-16-29(17-19-30)23(2)27(33)31-14-12-28(13-15-31)21-25-6-4-3-5-7-25/h3-11,23H,12-21H2,1-2H3. The van der Waals surface area contributed by atoms with Gasteiger partial charge in [-0.25, -0.2) is 0 Å². The summed E-state index contributed by atoms with van der Waals surface area (Å²) in [6, 6.07) is 18.5. The number of carbonyl (C=O) groups is 2. The van der Waals surface area contributed by atoms with Crippen molar-refractivity contribution in [2.24, 2.45) is 0 Å². The molecule has 4 rings (SSSR count). The molecule has 1 atom stereocenters. The van der Waals surface area contributed by atoms with E-state index in [0.717, 1.165) is 51.4 Å². The molecule has 0 aliphatic carbocycles. The molecule has 2 aliphatic rings. The molecule has 6 heteroatoms. The number of nitrogens with zero attached hydrogens (tertiary/aromatic N) is 4. The highest BCUT2D eigenvalue weighted by Crippen LogP contribution is 2.14. The Labute approximate surface area is 197 Å². The Morgan fingerprint density at radius 2 is 1.36 bits per heavy atom. The quantitative estimate of drug-likeness (QED) is 0.681. The third kappa shape index (κ3) is 6.21. The van der Waals surface area contributed by atoms with Crippen LogP contribution in [0.2, 0.25) is 0 Å². The van der Waals surface area contributed by atoms with E-state index in [4.69, 9.17) is 0 Å². The van der Waals surface area contributed by atoms with Crippen LogP contribution in [0.25, 0.3) is 0 Å². The number of amides is 2. The van der Waals surface area contributed by atoms with Crippen molar-refractivity contribution in [3.63, 3.8) is 0 Å². The Morgan fingerprint density at radius 1 is 0.758 bits per heavy atom. The molecule has 33 heavy (non-hydrogen) atoms. The third-order valence-electron chi connectivity index (χ3n) is 6.98. The van der Waals surface area contributed by atoms with Gasteiger partial charge in [0.05, 0.1) is 12.5 Å². The zero-order valence-electron chi connectivity index (χ0n) is 19.9. The summed E-state index contributed by atoms with van der Waals surface area (Å²) in [5.41, 5.74) is 3.58. The Morgan fingerprint density at radius 3 is 2.00 bits per heavy atom. The van der Waals surface area contributed by atoms with Crippen LogP contribution in [-0.2, 0) is 22.6 Å². The predicted molar refractivity (Wildman–Crippen MR) is 131 cm³/mol. The van der Waals surface area contributed by atoms with Crippen molar-refractivity contribution >= 4 is 11.8 Å². The number of aryl methyl sites for hydroxylation is 1. The lowest BCUT2D eigenvalue weighted by Gasteiger charge is -2.41. The number of carbonyl (C=O) groups excluding carboxylic acids is 2. The van der Waals surface area contributed by atoms with Gasteiger partial charge in [-0.15, -0.1) is 0 Å². The van der Waals surface area contributed by atoms with E-state index in [1.54, 1.807) is 0 Å². The van der Waals surface area contributed by atoms with Gasteiger partial charge in [0, 0.05) is 58.9 Å². The third-order valence-corrected chi connectivity index (χ3v) is 6.98. The van der Waals surface area contributed by atoms with Gasteiger partial charge < -0.3 is 9.80 Å². The monoisotopic (exact) mass is 448 g/mol. The van der Waals surface area contributed by atoms with Crippen molar-refractivity contribution in [1.82, 2.24) is 19.6 Å². The first-order chi connectivity index (χ1) is 16.0.